The van der Waals surface area contributed by atoms with Crippen LogP contribution in [0.25, 0.3) is 0 Å². The molecule has 0 aliphatic rings. The van der Waals surface area contributed by atoms with Crippen molar-refractivity contribution in [3.8, 4) is 0 Å². The molecule has 0 radical (unpaired) electrons. The summed E-state index contributed by atoms with van der Waals surface area (Å²) in [7, 11) is 0. The number of nitrogens with two attached hydrogens (primary N) is 1. The number of primary amides is 1. The highest BCUT2D eigenvalue weighted by atomic mass is 16.1. The van der Waals surface area contributed by atoms with E-state index in [9.17, 15) is 4.79 Å². The zero-order valence-corrected chi connectivity index (χ0v) is 11.1. The lowest BCUT2D eigenvalue weighted by molar-refractivity contribution is -0.121. The zero-order chi connectivity index (χ0) is 12.4. The molecule has 0 bridgehead atoms. The molecule has 0 aromatic rings. The van der Waals surface area contributed by atoms with Crippen LogP contribution < -0.4 is 11.1 Å². The van der Waals surface area contributed by atoms with Crippen LogP contribution in [0.1, 0.15) is 59.3 Å². The van der Waals surface area contributed by atoms with Crippen molar-refractivity contribution in [1.82, 2.24) is 5.32 Å². The summed E-state index contributed by atoms with van der Waals surface area (Å²) in [5.74, 6) is 0.0403. The van der Waals surface area contributed by atoms with Crippen molar-refractivity contribution in [3.05, 3.63) is 0 Å². The molecule has 0 aromatic heterocycles. The van der Waals surface area contributed by atoms with Crippen molar-refractivity contribution in [3.63, 3.8) is 0 Å². The topological polar surface area (TPSA) is 55.1 Å². The van der Waals surface area contributed by atoms with Gasteiger partial charge in [0.1, 0.15) is 0 Å². The van der Waals surface area contributed by atoms with Crippen molar-refractivity contribution in [1.29, 1.82) is 0 Å². The Balaban J connectivity index is 3.45. The molecule has 0 fully saturated rings. The largest absolute Gasteiger partial charge is 0.368 e. The summed E-state index contributed by atoms with van der Waals surface area (Å²) >= 11 is 0. The Morgan fingerprint density at radius 3 is 2.19 bits per heavy atom. The minimum absolute atomic E-state index is 0.171. The molecule has 3 heteroatoms. The summed E-state index contributed by atoms with van der Waals surface area (Å²) in [6.45, 7) is 7.16. The summed E-state index contributed by atoms with van der Waals surface area (Å²) in [6, 6.07) is -0.171. The molecule has 0 aliphatic heterocycles. The second-order valence-electron chi connectivity index (χ2n) is 4.85. The van der Waals surface area contributed by atoms with Crippen molar-refractivity contribution in [2.45, 2.75) is 65.3 Å². The van der Waals surface area contributed by atoms with Gasteiger partial charge in [-0.3, -0.25) is 4.79 Å². The third kappa shape index (κ3) is 7.69. The van der Waals surface area contributed by atoms with E-state index < -0.39 is 0 Å². The summed E-state index contributed by atoms with van der Waals surface area (Å²) in [4.78, 5) is 11.1. The number of rotatable bonds is 10. The van der Waals surface area contributed by atoms with E-state index in [0.29, 0.717) is 0 Å². The lowest BCUT2D eigenvalue weighted by atomic mass is 10.0. The Kier molecular flexibility index (Phi) is 9.30. The maximum atomic E-state index is 11.1. The fourth-order valence-corrected chi connectivity index (χ4v) is 1.83. The highest BCUT2D eigenvalue weighted by Crippen LogP contribution is 2.05. The van der Waals surface area contributed by atoms with E-state index in [1.54, 1.807) is 0 Å². The third-order valence-electron chi connectivity index (χ3n) is 2.87. The SMILES string of the molecule is CCCCCCCCN[C@H](C(N)=O)C(C)C. The van der Waals surface area contributed by atoms with Crippen LogP contribution in [0, 0.1) is 5.92 Å². The van der Waals surface area contributed by atoms with Crippen LogP contribution in [0.15, 0.2) is 0 Å². The Morgan fingerprint density at radius 1 is 1.12 bits per heavy atom. The molecule has 3 N–H and O–H groups in total. The molecule has 1 atom stereocenters. The van der Waals surface area contributed by atoms with Gasteiger partial charge in [0.15, 0.2) is 0 Å². The smallest absolute Gasteiger partial charge is 0.234 e. The van der Waals surface area contributed by atoms with Crippen LogP contribution in [-0.2, 0) is 4.79 Å². The van der Waals surface area contributed by atoms with Gasteiger partial charge in [0.25, 0.3) is 0 Å². The number of nitrogens with one attached hydrogen (secondary N) is 1. The molecule has 0 aromatic carbocycles. The monoisotopic (exact) mass is 228 g/mol. The van der Waals surface area contributed by atoms with Gasteiger partial charge in [-0.1, -0.05) is 52.9 Å². The number of carbonyl (C=O) groups excluding carboxylic acids is 1. The number of hydrogen-bond donors (Lipinski definition) is 2. The Hall–Kier alpha value is -0.570. The highest BCUT2D eigenvalue weighted by molar-refractivity contribution is 5.80. The van der Waals surface area contributed by atoms with Crippen LogP contribution in [0.2, 0.25) is 0 Å². The van der Waals surface area contributed by atoms with Gasteiger partial charge in [-0.05, 0) is 18.9 Å². The number of hydrogen-bond acceptors (Lipinski definition) is 2. The van der Waals surface area contributed by atoms with Crippen molar-refractivity contribution in [2.75, 3.05) is 6.54 Å². The molecule has 0 saturated carbocycles. The van der Waals surface area contributed by atoms with Gasteiger partial charge >= 0.3 is 0 Å². The van der Waals surface area contributed by atoms with Gasteiger partial charge in [-0.25, -0.2) is 0 Å². The predicted molar refractivity (Wildman–Crippen MR) is 69.2 cm³/mol. The first kappa shape index (κ1) is 15.4. The Labute approximate surface area is 100 Å². The molecular formula is C13H28N2O. The van der Waals surface area contributed by atoms with Gasteiger partial charge < -0.3 is 11.1 Å². The molecule has 0 heterocycles. The summed E-state index contributed by atoms with van der Waals surface area (Å²) in [6.07, 6.45) is 7.65. The summed E-state index contributed by atoms with van der Waals surface area (Å²) in [5, 5.41) is 3.23. The molecule has 96 valence electrons. The van der Waals surface area contributed by atoms with E-state index in [4.69, 9.17) is 5.73 Å². The fraction of sp³-hybridized carbons (Fsp3) is 0.923. The molecule has 0 aliphatic carbocycles. The quantitative estimate of drug-likeness (QED) is 0.564. The van der Waals surface area contributed by atoms with Crippen molar-refractivity contribution < 1.29 is 4.79 Å². The van der Waals surface area contributed by atoms with E-state index >= 15 is 0 Å². The van der Waals surface area contributed by atoms with Crippen LogP contribution in [-0.4, -0.2) is 18.5 Å². The lowest BCUT2D eigenvalue weighted by Gasteiger charge is -2.18. The molecule has 0 spiro atoms. The highest BCUT2D eigenvalue weighted by Gasteiger charge is 2.17. The molecule has 16 heavy (non-hydrogen) atoms. The average Bonchev–Trinajstić information content (AvgIpc) is 2.21. The molecule has 0 unspecified atom stereocenters. The van der Waals surface area contributed by atoms with Crippen LogP contribution in [0.3, 0.4) is 0 Å². The van der Waals surface area contributed by atoms with Crippen LogP contribution in [0.4, 0.5) is 0 Å². The summed E-state index contributed by atoms with van der Waals surface area (Å²) < 4.78 is 0. The van der Waals surface area contributed by atoms with Gasteiger partial charge in [-0.2, -0.15) is 0 Å². The maximum Gasteiger partial charge on any atom is 0.234 e. The molecular weight excluding hydrogens is 200 g/mol. The predicted octanol–water partition coefficient (Wildman–Crippen LogP) is 2.45. The van der Waals surface area contributed by atoms with Crippen molar-refractivity contribution >= 4 is 5.91 Å². The van der Waals surface area contributed by atoms with E-state index in [-0.39, 0.29) is 17.9 Å². The van der Waals surface area contributed by atoms with Gasteiger partial charge in [0, 0.05) is 0 Å². The normalized spacial score (nSPS) is 13.0. The second kappa shape index (κ2) is 9.64. The number of amides is 1. The van der Waals surface area contributed by atoms with E-state index in [1.807, 2.05) is 13.8 Å². The molecule has 1 amide bonds. The second-order valence-corrected chi connectivity index (χ2v) is 4.85. The summed E-state index contributed by atoms with van der Waals surface area (Å²) in [5.41, 5.74) is 5.32. The Morgan fingerprint density at radius 2 is 1.69 bits per heavy atom. The fourth-order valence-electron chi connectivity index (χ4n) is 1.83. The molecule has 3 nitrogen and oxygen atoms in total. The molecule has 0 rings (SSSR count). The van der Waals surface area contributed by atoms with E-state index in [2.05, 4.69) is 12.2 Å². The first-order chi connectivity index (χ1) is 7.59. The van der Waals surface area contributed by atoms with Crippen LogP contribution in [0.5, 0.6) is 0 Å². The zero-order valence-electron chi connectivity index (χ0n) is 11.1. The van der Waals surface area contributed by atoms with E-state index in [0.717, 1.165) is 13.0 Å². The average molecular weight is 228 g/mol. The first-order valence-electron chi connectivity index (χ1n) is 6.62. The minimum Gasteiger partial charge on any atom is -0.368 e. The number of unbranched alkanes of at least 4 members (excludes halogenated alkanes) is 5. The maximum absolute atomic E-state index is 11.1. The van der Waals surface area contributed by atoms with Crippen LogP contribution >= 0.6 is 0 Å². The van der Waals surface area contributed by atoms with Gasteiger partial charge in [-0.15, -0.1) is 0 Å². The third-order valence-corrected chi connectivity index (χ3v) is 2.87. The minimum atomic E-state index is -0.235. The standard InChI is InChI=1S/C13H28N2O/c1-4-5-6-7-8-9-10-15-12(11(2)3)13(14)16/h11-12,15H,4-10H2,1-3H3,(H2,14,16)/t12-/m0/s1. The first-order valence-corrected chi connectivity index (χ1v) is 6.62. The molecule has 0 saturated heterocycles. The number of carbonyl (C=O) groups is 1. The van der Waals surface area contributed by atoms with Crippen molar-refractivity contribution in [2.24, 2.45) is 11.7 Å². The van der Waals surface area contributed by atoms with Gasteiger partial charge in [0.2, 0.25) is 5.91 Å². The van der Waals surface area contributed by atoms with Gasteiger partial charge in [0.05, 0.1) is 6.04 Å². The van der Waals surface area contributed by atoms with E-state index in [1.165, 1.54) is 32.1 Å². The lowest BCUT2D eigenvalue weighted by Crippen LogP contribution is -2.45. The Bertz CT molecular complexity index is 181.